The number of rotatable bonds is 5. The summed E-state index contributed by atoms with van der Waals surface area (Å²) in [7, 11) is 0. The molecule has 0 saturated heterocycles. The van der Waals surface area contributed by atoms with Crippen molar-refractivity contribution >= 4 is 17.4 Å². The van der Waals surface area contributed by atoms with Crippen LogP contribution >= 0.6 is 0 Å². The Bertz CT molecular complexity index is 1060. The lowest BCUT2D eigenvalue weighted by atomic mass is 9.77. The highest BCUT2D eigenvalue weighted by Gasteiger charge is 2.60. The molecule has 32 heavy (non-hydrogen) atoms. The normalized spacial score (nSPS) is 24.7. The molecule has 2 aromatic rings. The number of halogens is 6. The minimum Gasteiger partial charge on any atom is -0.433 e. The number of ether oxygens (including phenoxy) is 1. The molecule has 1 aromatic carbocycles. The molecule has 0 aliphatic carbocycles. The monoisotopic (exact) mass is 460 g/mol. The maximum absolute atomic E-state index is 14.8. The summed E-state index contributed by atoms with van der Waals surface area (Å²) in [5, 5.41) is 2.34. The molecule has 0 saturated carbocycles. The van der Waals surface area contributed by atoms with Crippen LogP contribution in [0.15, 0.2) is 41.5 Å². The van der Waals surface area contributed by atoms with Crippen LogP contribution in [-0.4, -0.2) is 34.9 Å². The summed E-state index contributed by atoms with van der Waals surface area (Å²) in [4.78, 5) is 19.6. The lowest BCUT2D eigenvalue weighted by molar-refractivity contribution is -0.106. The van der Waals surface area contributed by atoms with Gasteiger partial charge in [-0.05, 0) is 44.2 Å². The number of carbonyl (C=O) groups is 1. The fourth-order valence-corrected chi connectivity index (χ4v) is 3.23. The molecule has 1 aliphatic rings. The van der Waals surface area contributed by atoms with E-state index in [1.54, 1.807) is 0 Å². The molecule has 2 atom stereocenters. The lowest BCUT2D eigenvalue weighted by Gasteiger charge is -2.42. The number of aromatic nitrogens is 1. The number of alkyl halides is 5. The molecule has 3 rings (SSSR count). The Labute approximate surface area is 178 Å². The number of aliphatic imine (C=N–C) groups is 1. The third-order valence-corrected chi connectivity index (χ3v) is 5.09. The number of amides is 1. The van der Waals surface area contributed by atoms with E-state index in [0.29, 0.717) is 0 Å². The van der Waals surface area contributed by atoms with Crippen molar-refractivity contribution in [3.05, 3.63) is 53.6 Å². The van der Waals surface area contributed by atoms with E-state index in [9.17, 15) is 31.1 Å². The molecular weight excluding hydrogens is 442 g/mol. The van der Waals surface area contributed by atoms with Gasteiger partial charge in [-0.3, -0.25) is 9.79 Å². The molecule has 1 aromatic heterocycles. The first kappa shape index (κ1) is 23.4. The van der Waals surface area contributed by atoms with Crippen LogP contribution in [0, 0.1) is 5.82 Å². The first-order valence-electron chi connectivity index (χ1n) is 9.20. The van der Waals surface area contributed by atoms with Crippen molar-refractivity contribution in [1.82, 2.24) is 4.98 Å². The Morgan fingerprint density at radius 3 is 2.47 bits per heavy atom. The van der Waals surface area contributed by atoms with Crippen LogP contribution < -0.4 is 15.8 Å². The molecule has 2 heterocycles. The van der Waals surface area contributed by atoms with Crippen LogP contribution in [-0.2, 0) is 5.54 Å². The number of amidine groups is 1. The average Bonchev–Trinajstić information content (AvgIpc) is 2.67. The van der Waals surface area contributed by atoms with Gasteiger partial charge in [0.05, 0.1) is 12.6 Å². The van der Waals surface area contributed by atoms with Crippen LogP contribution in [0.4, 0.5) is 32.0 Å². The third kappa shape index (κ3) is 4.34. The zero-order valence-corrected chi connectivity index (χ0v) is 16.8. The second kappa shape index (κ2) is 7.99. The Balaban J connectivity index is 1.91. The van der Waals surface area contributed by atoms with Gasteiger partial charge in [0.25, 0.3) is 11.8 Å². The van der Waals surface area contributed by atoms with Gasteiger partial charge < -0.3 is 15.8 Å². The fraction of sp³-hybridized carbons (Fsp3) is 0.350. The molecule has 0 spiro atoms. The molecule has 3 N–H and O–H groups in total. The van der Waals surface area contributed by atoms with Crippen molar-refractivity contribution in [1.29, 1.82) is 0 Å². The second-order valence-electron chi connectivity index (χ2n) is 7.55. The maximum Gasteiger partial charge on any atom is 0.387 e. The van der Waals surface area contributed by atoms with Gasteiger partial charge in [-0.1, -0.05) is 0 Å². The van der Waals surface area contributed by atoms with Gasteiger partial charge in [0.2, 0.25) is 0 Å². The van der Waals surface area contributed by atoms with Crippen molar-refractivity contribution < 1.29 is 35.9 Å². The summed E-state index contributed by atoms with van der Waals surface area (Å²) in [6.07, 6.45) is -0.412. The molecule has 172 valence electrons. The van der Waals surface area contributed by atoms with E-state index in [1.807, 2.05) is 0 Å². The molecule has 12 heteroatoms. The SMILES string of the molecule is CC1(F)CC(F)(F)C(C)(c2cc(NC(=O)c3ccc(OC(F)F)cn3)ccc2F)N=C1N. The van der Waals surface area contributed by atoms with Gasteiger partial charge in [-0.25, -0.2) is 22.5 Å². The largest absolute Gasteiger partial charge is 0.433 e. The van der Waals surface area contributed by atoms with E-state index in [2.05, 4.69) is 20.0 Å². The number of pyridine rings is 1. The lowest BCUT2D eigenvalue weighted by Crippen LogP contribution is -2.56. The summed E-state index contributed by atoms with van der Waals surface area (Å²) >= 11 is 0. The standard InChI is InChI=1S/C20H18F6N4O2/c1-18(24)9-20(25,26)19(2,30-16(18)27)12-7-10(3-5-13(12)21)29-15(31)14-6-4-11(8-28-14)32-17(22)23/h3-8,17H,9H2,1-2H3,(H2,27,30)(H,29,31). The van der Waals surface area contributed by atoms with Crippen molar-refractivity contribution in [2.45, 2.75) is 44.0 Å². The Morgan fingerprint density at radius 1 is 1.19 bits per heavy atom. The van der Waals surface area contributed by atoms with Gasteiger partial charge in [0.1, 0.15) is 23.1 Å². The Kier molecular flexibility index (Phi) is 5.83. The number of hydrogen-bond acceptors (Lipinski definition) is 5. The summed E-state index contributed by atoms with van der Waals surface area (Å²) in [6.45, 7) is -1.29. The second-order valence-corrected chi connectivity index (χ2v) is 7.55. The minimum atomic E-state index is -3.80. The molecular formula is C20H18F6N4O2. The maximum atomic E-state index is 14.8. The molecule has 1 aliphatic heterocycles. The van der Waals surface area contributed by atoms with Crippen LogP contribution in [0.1, 0.15) is 36.3 Å². The number of carbonyl (C=O) groups excluding carboxylic acids is 1. The quantitative estimate of drug-likeness (QED) is 0.647. The summed E-state index contributed by atoms with van der Waals surface area (Å²) in [5.41, 5.74) is -0.476. The predicted octanol–water partition coefficient (Wildman–Crippen LogP) is 4.41. The topological polar surface area (TPSA) is 89.6 Å². The van der Waals surface area contributed by atoms with Gasteiger partial charge in [0.15, 0.2) is 11.2 Å². The number of hydrogen-bond donors (Lipinski definition) is 2. The zero-order valence-electron chi connectivity index (χ0n) is 16.8. The van der Waals surface area contributed by atoms with E-state index in [0.717, 1.165) is 50.4 Å². The molecule has 1 amide bonds. The fourth-order valence-electron chi connectivity index (χ4n) is 3.23. The van der Waals surface area contributed by atoms with Crippen LogP contribution in [0.3, 0.4) is 0 Å². The highest BCUT2D eigenvalue weighted by Crippen LogP contribution is 2.50. The van der Waals surface area contributed by atoms with Crippen molar-refractivity contribution in [3.8, 4) is 5.75 Å². The number of nitrogens with one attached hydrogen (secondary N) is 1. The number of nitrogens with two attached hydrogens (primary N) is 1. The highest BCUT2D eigenvalue weighted by atomic mass is 19.3. The average molecular weight is 460 g/mol. The van der Waals surface area contributed by atoms with Crippen molar-refractivity contribution in [2.75, 3.05) is 5.32 Å². The molecule has 6 nitrogen and oxygen atoms in total. The number of anilines is 1. The molecule has 0 bridgehead atoms. The van der Waals surface area contributed by atoms with E-state index >= 15 is 0 Å². The Hall–Kier alpha value is -3.31. The smallest absolute Gasteiger partial charge is 0.387 e. The van der Waals surface area contributed by atoms with Gasteiger partial charge in [-0.15, -0.1) is 0 Å². The summed E-state index contributed by atoms with van der Waals surface area (Å²) in [5.74, 6) is -6.66. The van der Waals surface area contributed by atoms with Crippen LogP contribution in [0.2, 0.25) is 0 Å². The first-order valence-corrected chi connectivity index (χ1v) is 9.20. The van der Waals surface area contributed by atoms with Crippen molar-refractivity contribution in [3.63, 3.8) is 0 Å². The molecule has 0 fully saturated rings. The number of nitrogens with zero attached hydrogens (tertiary/aromatic N) is 2. The van der Waals surface area contributed by atoms with E-state index in [-0.39, 0.29) is 17.1 Å². The van der Waals surface area contributed by atoms with Gasteiger partial charge in [-0.2, -0.15) is 8.78 Å². The van der Waals surface area contributed by atoms with E-state index < -0.39 is 53.3 Å². The predicted molar refractivity (Wildman–Crippen MR) is 103 cm³/mol. The Morgan fingerprint density at radius 2 is 1.88 bits per heavy atom. The van der Waals surface area contributed by atoms with Crippen LogP contribution in [0.5, 0.6) is 5.75 Å². The third-order valence-electron chi connectivity index (χ3n) is 5.09. The minimum absolute atomic E-state index is 0.0829. The number of benzene rings is 1. The highest BCUT2D eigenvalue weighted by molar-refractivity contribution is 6.03. The van der Waals surface area contributed by atoms with Gasteiger partial charge in [0, 0.05) is 11.3 Å². The molecule has 0 radical (unpaired) electrons. The van der Waals surface area contributed by atoms with E-state index in [1.165, 1.54) is 0 Å². The van der Waals surface area contributed by atoms with Gasteiger partial charge >= 0.3 is 6.61 Å². The zero-order chi connectivity index (χ0) is 23.9. The molecule has 2 unspecified atom stereocenters. The van der Waals surface area contributed by atoms with Crippen molar-refractivity contribution in [2.24, 2.45) is 10.7 Å². The van der Waals surface area contributed by atoms with E-state index in [4.69, 9.17) is 5.73 Å². The summed E-state index contributed by atoms with van der Waals surface area (Å²) in [6, 6.07) is 5.07. The summed E-state index contributed by atoms with van der Waals surface area (Å²) < 4.78 is 87.0. The van der Waals surface area contributed by atoms with Crippen LogP contribution in [0.25, 0.3) is 0 Å². The first-order chi connectivity index (χ1) is 14.7.